The minimum Gasteiger partial charge on any atom is -0.305 e. The highest BCUT2D eigenvalue weighted by Gasteiger charge is 2.11. The number of hydrogen-bond acceptors (Lipinski definition) is 3. The summed E-state index contributed by atoms with van der Waals surface area (Å²) >= 11 is 3.24. The first kappa shape index (κ1) is 12.9. The van der Waals surface area contributed by atoms with Crippen LogP contribution in [-0.4, -0.2) is 15.0 Å². The summed E-state index contributed by atoms with van der Waals surface area (Å²) in [6.07, 6.45) is 1.55. The Kier molecular flexibility index (Phi) is 3.06. The van der Waals surface area contributed by atoms with Crippen molar-refractivity contribution in [1.82, 2.24) is 15.0 Å². The fourth-order valence-corrected chi connectivity index (χ4v) is 2.01. The average molecular weight is 338 g/mol. The molecule has 100 valence electrons. The topological polar surface area (TPSA) is 58.6 Å². The number of H-pyrrole nitrogens is 1. The first-order valence-corrected chi connectivity index (χ1v) is 6.35. The summed E-state index contributed by atoms with van der Waals surface area (Å²) < 4.78 is 27.1. The molecule has 20 heavy (non-hydrogen) atoms. The van der Waals surface area contributed by atoms with Crippen LogP contribution in [0.2, 0.25) is 0 Å². The first-order chi connectivity index (χ1) is 9.54. The molecule has 0 spiro atoms. The van der Waals surface area contributed by atoms with E-state index in [4.69, 9.17) is 0 Å². The number of benzene rings is 1. The lowest BCUT2D eigenvalue weighted by atomic mass is 10.2. The van der Waals surface area contributed by atoms with E-state index < -0.39 is 17.2 Å². The van der Waals surface area contributed by atoms with E-state index in [0.29, 0.717) is 5.69 Å². The number of hydrogen-bond donors (Lipinski definition) is 1. The lowest BCUT2D eigenvalue weighted by Gasteiger charge is -2.03. The van der Waals surface area contributed by atoms with Gasteiger partial charge in [0.05, 0.1) is 10.9 Å². The quantitative estimate of drug-likeness (QED) is 0.742. The summed E-state index contributed by atoms with van der Waals surface area (Å²) in [4.78, 5) is 22.6. The summed E-state index contributed by atoms with van der Waals surface area (Å²) in [5.41, 5.74) is -0.0436. The zero-order valence-electron chi connectivity index (χ0n) is 9.82. The molecule has 0 bridgehead atoms. The zero-order valence-corrected chi connectivity index (χ0v) is 11.4. The Morgan fingerprint density at radius 1 is 1.15 bits per heavy atom. The van der Waals surface area contributed by atoms with E-state index >= 15 is 0 Å². The molecular formula is C13H6BrF2N3O. The number of nitrogens with zero attached hydrogens (tertiary/aromatic N) is 2. The third-order valence-corrected chi connectivity index (χ3v) is 3.19. The molecule has 0 aliphatic carbocycles. The monoisotopic (exact) mass is 337 g/mol. The molecule has 0 saturated carbocycles. The molecular weight excluding hydrogens is 332 g/mol. The highest BCUT2D eigenvalue weighted by molar-refractivity contribution is 9.10. The van der Waals surface area contributed by atoms with Crippen LogP contribution < -0.4 is 5.56 Å². The number of rotatable bonds is 1. The molecule has 2 heterocycles. The molecule has 1 N–H and O–H groups in total. The van der Waals surface area contributed by atoms with Gasteiger partial charge in [0, 0.05) is 16.7 Å². The molecule has 0 fully saturated rings. The van der Waals surface area contributed by atoms with Gasteiger partial charge in [-0.2, -0.15) is 0 Å². The molecule has 0 saturated heterocycles. The summed E-state index contributed by atoms with van der Waals surface area (Å²) in [6.45, 7) is 0. The van der Waals surface area contributed by atoms with Crippen molar-refractivity contribution in [3.63, 3.8) is 0 Å². The fourth-order valence-electron chi connectivity index (χ4n) is 1.77. The maximum Gasteiger partial charge on any atom is 0.259 e. The summed E-state index contributed by atoms with van der Waals surface area (Å²) in [5, 5.41) is -0.00948. The molecule has 0 aliphatic rings. The Bertz CT molecular complexity index is 862. The number of nitrogens with one attached hydrogen (secondary N) is 1. The molecule has 0 aliphatic heterocycles. The molecule has 2 aromatic heterocycles. The molecule has 3 aromatic rings. The van der Waals surface area contributed by atoms with E-state index in [1.165, 1.54) is 0 Å². The number of halogens is 3. The van der Waals surface area contributed by atoms with Crippen LogP contribution in [0.4, 0.5) is 8.78 Å². The van der Waals surface area contributed by atoms with Gasteiger partial charge in [-0.15, -0.1) is 0 Å². The molecule has 3 rings (SSSR count). The Balaban J connectivity index is 2.26. The van der Waals surface area contributed by atoms with E-state index in [2.05, 4.69) is 30.9 Å². The van der Waals surface area contributed by atoms with Gasteiger partial charge >= 0.3 is 0 Å². The maximum atomic E-state index is 13.2. The van der Waals surface area contributed by atoms with Crippen molar-refractivity contribution in [3.05, 3.63) is 56.9 Å². The van der Waals surface area contributed by atoms with E-state index in [1.54, 1.807) is 18.3 Å². The standard InChI is InChI=1S/C13H6BrF2N3O/c14-6-1-2-10(17-5-6)12-18-11-4-9(16)8(15)3-7(11)13(20)19-12/h1-5H,(H,18,19,20). The summed E-state index contributed by atoms with van der Waals surface area (Å²) in [6, 6.07) is 5.10. The van der Waals surface area contributed by atoms with Gasteiger partial charge in [-0.25, -0.2) is 13.8 Å². The van der Waals surface area contributed by atoms with Crippen LogP contribution in [0.5, 0.6) is 0 Å². The molecule has 0 unspecified atom stereocenters. The number of aromatic nitrogens is 3. The minimum absolute atomic E-state index is 0.00948. The first-order valence-electron chi connectivity index (χ1n) is 5.55. The second-order valence-corrected chi connectivity index (χ2v) is 4.98. The van der Waals surface area contributed by atoms with E-state index in [9.17, 15) is 13.6 Å². The van der Waals surface area contributed by atoms with Crippen molar-refractivity contribution >= 4 is 26.8 Å². The normalized spacial score (nSPS) is 10.9. The van der Waals surface area contributed by atoms with Crippen molar-refractivity contribution < 1.29 is 8.78 Å². The third-order valence-electron chi connectivity index (χ3n) is 2.72. The largest absolute Gasteiger partial charge is 0.305 e. The molecule has 4 nitrogen and oxygen atoms in total. The Hall–Kier alpha value is -2.15. The van der Waals surface area contributed by atoms with E-state index in [-0.39, 0.29) is 16.7 Å². The van der Waals surface area contributed by atoms with Crippen LogP contribution in [0.15, 0.2) is 39.7 Å². The highest BCUT2D eigenvalue weighted by Crippen LogP contribution is 2.18. The van der Waals surface area contributed by atoms with Gasteiger partial charge in [0.1, 0.15) is 5.69 Å². The molecule has 0 amide bonds. The Morgan fingerprint density at radius 3 is 2.60 bits per heavy atom. The lowest BCUT2D eigenvalue weighted by molar-refractivity contribution is 0.510. The van der Waals surface area contributed by atoms with Crippen LogP contribution in [0.1, 0.15) is 0 Å². The average Bonchev–Trinajstić information content (AvgIpc) is 2.42. The smallest absolute Gasteiger partial charge is 0.259 e. The minimum atomic E-state index is -1.08. The Labute approximate surface area is 119 Å². The number of pyridine rings is 1. The molecule has 0 atom stereocenters. The van der Waals surface area contributed by atoms with Gasteiger partial charge in [-0.1, -0.05) is 0 Å². The van der Waals surface area contributed by atoms with Crippen LogP contribution >= 0.6 is 15.9 Å². The molecule has 0 radical (unpaired) electrons. The van der Waals surface area contributed by atoms with Gasteiger partial charge in [0.25, 0.3) is 5.56 Å². The SMILES string of the molecule is O=c1[nH]c(-c2ccc(Br)cn2)nc2cc(F)c(F)cc12. The zero-order chi connectivity index (χ0) is 14.3. The van der Waals surface area contributed by atoms with Crippen molar-refractivity contribution in [1.29, 1.82) is 0 Å². The van der Waals surface area contributed by atoms with Crippen LogP contribution in [0.3, 0.4) is 0 Å². The van der Waals surface area contributed by atoms with Gasteiger partial charge < -0.3 is 4.98 Å². The van der Waals surface area contributed by atoms with E-state index in [0.717, 1.165) is 16.6 Å². The molecule has 1 aromatic carbocycles. The highest BCUT2D eigenvalue weighted by atomic mass is 79.9. The second-order valence-electron chi connectivity index (χ2n) is 4.06. The van der Waals surface area contributed by atoms with Crippen LogP contribution in [0, 0.1) is 11.6 Å². The van der Waals surface area contributed by atoms with Gasteiger partial charge in [-0.3, -0.25) is 9.78 Å². The Morgan fingerprint density at radius 2 is 1.90 bits per heavy atom. The van der Waals surface area contributed by atoms with Crippen molar-refractivity contribution in [2.45, 2.75) is 0 Å². The predicted octanol–water partition coefficient (Wildman–Crippen LogP) is 3.03. The van der Waals surface area contributed by atoms with Crippen LogP contribution in [-0.2, 0) is 0 Å². The third kappa shape index (κ3) is 2.20. The summed E-state index contributed by atoms with van der Waals surface area (Å²) in [5.74, 6) is -1.94. The molecule has 7 heteroatoms. The van der Waals surface area contributed by atoms with Gasteiger partial charge in [-0.05, 0) is 34.1 Å². The number of fused-ring (bicyclic) bond motifs is 1. The van der Waals surface area contributed by atoms with E-state index in [1.807, 2.05) is 0 Å². The fraction of sp³-hybridized carbons (Fsp3) is 0. The summed E-state index contributed by atoms with van der Waals surface area (Å²) in [7, 11) is 0. The van der Waals surface area contributed by atoms with Crippen molar-refractivity contribution in [2.24, 2.45) is 0 Å². The van der Waals surface area contributed by atoms with Crippen LogP contribution in [0.25, 0.3) is 22.4 Å². The second kappa shape index (κ2) is 4.75. The number of aromatic amines is 1. The maximum absolute atomic E-state index is 13.2. The predicted molar refractivity (Wildman–Crippen MR) is 73.2 cm³/mol. The lowest BCUT2D eigenvalue weighted by Crippen LogP contribution is -2.10. The van der Waals surface area contributed by atoms with Gasteiger partial charge in [0.15, 0.2) is 17.5 Å². The van der Waals surface area contributed by atoms with Crippen molar-refractivity contribution in [3.8, 4) is 11.5 Å². The van der Waals surface area contributed by atoms with Crippen molar-refractivity contribution in [2.75, 3.05) is 0 Å². The van der Waals surface area contributed by atoms with Gasteiger partial charge in [0.2, 0.25) is 0 Å².